The number of aryl methyl sites for hydroxylation is 2. The molecule has 24 heteroatoms. The molecule has 0 aromatic carbocycles. The topological polar surface area (TPSA) is 300 Å². The van der Waals surface area contributed by atoms with Gasteiger partial charge in [-0.3, -0.25) is 18.2 Å². The van der Waals surface area contributed by atoms with Crippen molar-refractivity contribution < 1.29 is 79.6 Å². The zero-order valence-electron chi connectivity index (χ0n) is 22.1. The maximum Gasteiger partial charge on any atom is 0.265 e. The maximum absolute atomic E-state index is 10.7. The second-order valence-corrected chi connectivity index (χ2v) is 13.0. The summed E-state index contributed by atoms with van der Waals surface area (Å²) in [6, 6.07) is 0. The highest BCUT2D eigenvalue weighted by atomic mass is 32.3. The van der Waals surface area contributed by atoms with Crippen LogP contribution < -0.4 is 9.13 Å². The third kappa shape index (κ3) is 30.8. The quantitative estimate of drug-likeness (QED) is 0.0562. The first-order chi connectivity index (χ1) is 19.1. The number of ether oxygens (including phenoxy) is 2. The van der Waals surface area contributed by atoms with Gasteiger partial charge in [-0.05, 0) is 0 Å². The van der Waals surface area contributed by atoms with Crippen molar-refractivity contribution in [3.05, 3.63) is 37.4 Å². The van der Waals surface area contributed by atoms with Crippen LogP contribution in [-0.4, -0.2) is 108 Å². The van der Waals surface area contributed by atoms with Gasteiger partial charge in [-0.25, -0.2) is 35.1 Å². The molecule has 0 unspecified atom stereocenters. The van der Waals surface area contributed by atoms with Crippen molar-refractivity contribution in [2.24, 2.45) is 0 Å². The predicted molar refractivity (Wildman–Crippen MR) is 138 cm³/mol. The highest BCUT2D eigenvalue weighted by Gasteiger charge is 2.09. The number of aromatic nitrogens is 4. The Morgan fingerprint density at radius 1 is 0.595 bits per heavy atom. The van der Waals surface area contributed by atoms with Crippen LogP contribution in [0.4, 0.5) is 0 Å². The van der Waals surface area contributed by atoms with Gasteiger partial charge in [0.2, 0.25) is 33.5 Å². The van der Waals surface area contributed by atoms with E-state index in [1.165, 1.54) is 0 Å². The third-order valence-corrected chi connectivity index (χ3v) is 6.10. The largest absolute Gasteiger partial charge is 0.726 e. The van der Waals surface area contributed by atoms with Crippen LogP contribution in [0.15, 0.2) is 37.4 Å². The molecule has 0 bridgehead atoms. The van der Waals surface area contributed by atoms with Crippen LogP contribution in [0.25, 0.3) is 0 Å². The molecule has 2 heterocycles. The molecule has 0 aliphatic carbocycles. The Bertz CT molecular complexity index is 1340. The zero-order chi connectivity index (χ0) is 32.5. The standard InChI is InChI=1S/C18H30N4O8S2.2H2O4S/c23-31(24,25)15-1-3-19-5-7-21(17-19)9-11-29-13-14-30-12-10-22-8-6-20(18-22)4-2-16-32(26,27)28;2*1-5(2,3)4/h5-8,17-18H,1-4,9-16H2;2*(H2,1,2,3,4). The first-order valence-corrected chi connectivity index (χ1v) is 17.6. The molecule has 0 aliphatic rings. The monoisotopic (exact) mass is 690 g/mol. The summed E-state index contributed by atoms with van der Waals surface area (Å²) in [5, 5.41) is 0. The fraction of sp³-hybridized carbons (Fsp3) is 0.667. The van der Waals surface area contributed by atoms with E-state index >= 15 is 0 Å². The fourth-order valence-corrected chi connectivity index (χ4v) is 3.92. The third-order valence-electron chi connectivity index (χ3n) is 4.49. The van der Waals surface area contributed by atoms with E-state index in [2.05, 4.69) is 0 Å². The van der Waals surface area contributed by atoms with Crippen molar-refractivity contribution in [1.29, 1.82) is 0 Å². The second kappa shape index (κ2) is 19.2. The molecule has 20 nitrogen and oxygen atoms in total. The van der Waals surface area contributed by atoms with E-state index in [1.54, 1.807) is 0 Å². The van der Waals surface area contributed by atoms with Crippen LogP contribution >= 0.6 is 0 Å². The minimum atomic E-state index is -4.92. The van der Waals surface area contributed by atoms with Crippen molar-refractivity contribution in [1.82, 2.24) is 9.13 Å². The first-order valence-electron chi connectivity index (χ1n) is 11.6. The van der Waals surface area contributed by atoms with E-state index in [4.69, 9.17) is 53.6 Å². The van der Waals surface area contributed by atoms with E-state index in [0.29, 0.717) is 65.4 Å². The summed E-state index contributed by atoms with van der Waals surface area (Å²) < 4.78 is 145. The van der Waals surface area contributed by atoms with Gasteiger partial charge in [-0.15, -0.1) is 0 Å². The van der Waals surface area contributed by atoms with Crippen LogP contribution in [-0.2, 0) is 76.7 Å². The molecule has 2 aromatic rings. The number of imidazole rings is 2. The van der Waals surface area contributed by atoms with Gasteiger partial charge in [0.25, 0.3) is 20.2 Å². The Labute approximate surface area is 243 Å². The maximum atomic E-state index is 10.7. The molecule has 42 heavy (non-hydrogen) atoms. The van der Waals surface area contributed by atoms with Gasteiger partial charge >= 0.3 is 0 Å². The minimum Gasteiger partial charge on any atom is -0.726 e. The Morgan fingerprint density at radius 3 is 1.19 bits per heavy atom. The van der Waals surface area contributed by atoms with E-state index in [-0.39, 0.29) is 11.5 Å². The van der Waals surface area contributed by atoms with Crippen molar-refractivity contribution in [3.63, 3.8) is 0 Å². The second-order valence-electron chi connectivity index (χ2n) is 8.14. The van der Waals surface area contributed by atoms with Crippen molar-refractivity contribution >= 4 is 41.0 Å². The minimum absolute atomic E-state index is 0.254. The smallest absolute Gasteiger partial charge is 0.265 e. The van der Waals surface area contributed by atoms with Crippen molar-refractivity contribution in [2.75, 3.05) is 37.9 Å². The van der Waals surface area contributed by atoms with Crippen LogP contribution in [0, 0.1) is 0 Å². The summed E-state index contributed by atoms with van der Waals surface area (Å²) in [6.07, 6.45) is 11.8. The summed E-state index contributed by atoms with van der Waals surface area (Å²) in [6.45, 7) is 4.31. The average Bonchev–Trinajstić information content (AvgIpc) is 3.41. The molecule has 0 radical (unpaired) electrons. The summed E-state index contributed by atoms with van der Waals surface area (Å²) in [7, 11) is -17.7. The lowest BCUT2D eigenvalue weighted by Crippen LogP contribution is -2.32. The van der Waals surface area contributed by atoms with Crippen LogP contribution in [0.1, 0.15) is 12.8 Å². The van der Waals surface area contributed by atoms with Gasteiger partial charge in [0.15, 0.2) is 0 Å². The molecule has 2 rings (SSSR count). The molecule has 0 atom stereocenters. The van der Waals surface area contributed by atoms with Gasteiger partial charge in [-0.2, -0.15) is 16.8 Å². The number of nitrogens with zero attached hydrogens (tertiary/aromatic N) is 4. The number of rotatable bonds is 17. The van der Waals surface area contributed by atoms with Crippen LogP contribution in [0.2, 0.25) is 0 Å². The van der Waals surface area contributed by atoms with E-state index < -0.39 is 41.0 Å². The molecule has 2 aromatic heterocycles. The van der Waals surface area contributed by atoms with Crippen LogP contribution in [0.5, 0.6) is 0 Å². The molecule has 0 saturated carbocycles. The summed E-state index contributed by atoms with van der Waals surface area (Å²) in [5.41, 5.74) is 0. The van der Waals surface area contributed by atoms with Gasteiger partial charge in [0.1, 0.15) is 37.9 Å². The van der Waals surface area contributed by atoms with Gasteiger partial charge in [-0.1, -0.05) is 0 Å². The summed E-state index contributed by atoms with van der Waals surface area (Å²) in [4.78, 5) is 0. The van der Waals surface area contributed by atoms with Gasteiger partial charge in [0, 0.05) is 12.8 Å². The Hall–Kier alpha value is -2.10. The van der Waals surface area contributed by atoms with Crippen molar-refractivity contribution in [2.45, 2.75) is 39.0 Å². The molecule has 0 aliphatic heterocycles. The summed E-state index contributed by atoms with van der Waals surface area (Å²) >= 11 is 0. The van der Waals surface area contributed by atoms with E-state index in [0.717, 1.165) is 0 Å². The molecule has 4 N–H and O–H groups in total. The highest BCUT2D eigenvalue weighted by molar-refractivity contribution is 7.86. The molecule has 0 amide bonds. The first kappa shape index (κ1) is 39.9. The normalized spacial score (nSPS) is 12.2. The lowest BCUT2D eigenvalue weighted by Gasteiger charge is -2.04. The van der Waals surface area contributed by atoms with Crippen molar-refractivity contribution in [3.8, 4) is 0 Å². The lowest BCUT2D eigenvalue weighted by atomic mass is 10.5. The zero-order valence-corrected chi connectivity index (χ0v) is 25.3. The predicted octanol–water partition coefficient (Wildman–Crippen LogP) is -2.84. The van der Waals surface area contributed by atoms with Crippen LogP contribution in [0.3, 0.4) is 0 Å². The molecule has 246 valence electrons. The fourth-order valence-electron chi connectivity index (χ4n) is 2.93. The van der Waals surface area contributed by atoms with Gasteiger partial charge in [0.05, 0.1) is 51.0 Å². The molecular weight excluding hydrogens is 656 g/mol. The van der Waals surface area contributed by atoms with E-state index in [1.807, 2.05) is 55.7 Å². The lowest BCUT2D eigenvalue weighted by molar-refractivity contribution is -0.696. The molecule has 0 fully saturated rings. The van der Waals surface area contributed by atoms with Gasteiger partial charge < -0.3 is 18.6 Å². The van der Waals surface area contributed by atoms with E-state index in [9.17, 15) is 16.8 Å². The molecule has 0 saturated heterocycles. The number of hydrogen-bond acceptors (Lipinski definition) is 12. The summed E-state index contributed by atoms with van der Waals surface area (Å²) in [5.74, 6) is -0.509. The Kier molecular flexibility index (Phi) is 18.3. The SMILES string of the molecule is O=S(=O)(O)CCC[n+]1ccn(CCOCCOCCn2cc[n+](CCCS(=O)(=O)O)c2)c1.O=S(=O)([O-])O.O=S(=O)([O-])O. The molecule has 0 spiro atoms. The molecular formula is C18H34N4O16S4. The Morgan fingerprint density at radius 2 is 0.905 bits per heavy atom. The highest BCUT2D eigenvalue weighted by Crippen LogP contribution is 1.93. The average molecular weight is 691 g/mol. The number of hydrogen-bond donors (Lipinski definition) is 4. The Balaban J connectivity index is 0.00000144.